The van der Waals surface area contributed by atoms with Gasteiger partial charge in [0.25, 0.3) is 0 Å². The van der Waals surface area contributed by atoms with E-state index in [2.05, 4.69) is 0 Å². The molecule has 1 saturated carbocycles. The SMILES string of the molecule is COc1c(C2(N)CCC2)ccc(S(C)(=O)=O)c1OC. The first-order valence-corrected chi connectivity index (χ1v) is 7.97. The number of nitrogens with two attached hydrogens (primary N) is 1. The van der Waals surface area contributed by atoms with Gasteiger partial charge < -0.3 is 15.2 Å². The van der Waals surface area contributed by atoms with Gasteiger partial charge in [0, 0.05) is 17.4 Å². The Morgan fingerprint density at radius 1 is 1.16 bits per heavy atom. The summed E-state index contributed by atoms with van der Waals surface area (Å²) in [5, 5.41) is 0. The highest BCUT2D eigenvalue weighted by molar-refractivity contribution is 7.90. The summed E-state index contributed by atoms with van der Waals surface area (Å²) in [6.07, 6.45) is 3.94. The molecular formula is C13H19NO4S. The van der Waals surface area contributed by atoms with E-state index in [1.54, 1.807) is 12.1 Å². The molecule has 1 aromatic carbocycles. The lowest BCUT2D eigenvalue weighted by Gasteiger charge is -2.39. The van der Waals surface area contributed by atoms with Crippen LogP contribution in [0.2, 0.25) is 0 Å². The Labute approximate surface area is 113 Å². The van der Waals surface area contributed by atoms with Crippen molar-refractivity contribution < 1.29 is 17.9 Å². The van der Waals surface area contributed by atoms with Crippen LogP contribution in [0.25, 0.3) is 0 Å². The van der Waals surface area contributed by atoms with Crippen LogP contribution in [0, 0.1) is 0 Å². The molecule has 1 aliphatic rings. The van der Waals surface area contributed by atoms with Crippen molar-refractivity contribution in [1.82, 2.24) is 0 Å². The van der Waals surface area contributed by atoms with Crippen molar-refractivity contribution in [3.05, 3.63) is 17.7 Å². The van der Waals surface area contributed by atoms with Gasteiger partial charge in [-0.15, -0.1) is 0 Å². The molecule has 0 amide bonds. The van der Waals surface area contributed by atoms with Gasteiger partial charge in [0.05, 0.1) is 14.2 Å². The summed E-state index contributed by atoms with van der Waals surface area (Å²) in [6.45, 7) is 0. The monoisotopic (exact) mass is 285 g/mol. The van der Waals surface area contributed by atoms with Crippen LogP contribution in [0.1, 0.15) is 24.8 Å². The van der Waals surface area contributed by atoms with Gasteiger partial charge in [0.2, 0.25) is 0 Å². The van der Waals surface area contributed by atoms with Gasteiger partial charge in [-0.2, -0.15) is 0 Å². The minimum atomic E-state index is -3.37. The standard InChI is InChI=1S/C13H19NO4S/c1-17-11-9(13(14)7-4-8-13)5-6-10(12(11)18-2)19(3,15)16/h5-6H,4,7-8,14H2,1-3H3. The first kappa shape index (κ1) is 14.1. The third kappa shape index (κ3) is 2.30. The van der Waals surface area contributed by atoms with Crippen LogP contribution >= 0.6 is 0 Å². The molecule has 106 valence electrons. The lowest BCUT2D eigenvalue weighted by molar-refractivity contribution is 0.239. The molecule has 0 spiro atoms. The molecule has 19 heavy (non-hydrogen) atoms. The summed E-state index contributed by atoms with van der Waals surface area (Å²) in [5.41, 5.74) is 6.67. The second-order valence-electron chi connectivity index (χ2n) is 4.96. The van der Waals surface area contributed by atoms with E-state index in [0.29, 0.717) is 5.75 Å². The lowest BCUT2D eigenvalue weighted by Crippen LogP contribution is -2.43. The van der Waals surface area contributed by atoms with Gasteiger partial charge in [-0.05, 0) is 25.3 Å². The Balaban J connectivity index is 2.67. The quantitative estimate of drug-likeness (QED) is 0.905. The molecule has 0 radical (unpaired) electrons. The van der Waals surface area contributed by atoms with Gasteiger partial charge in [-0.3, -0.25) is 0 Å². The summed E-state index contributed by atoms with van der Waals surface area (Å²) < 4.78 is 34.1. The second kappa shape index (κ2) is 4.68. The van der Waals surface area contributed by atoms with Crippen LogP contribution in [0.15, 0.2) is 17.0 Å². The number of methoxy groups -OCH3 is 2. The zero-order chi connectivity index (χ0) is 14.3. The molecule has 0 aliphatic heterocycles. The van der Waals surface area contributed by atoms with Crippen LogP contribution in [0.3, 0.4) is 0 Å². The molecule has 1 aromatic rings. The molecule has 6 heteroatoms. The summed E-state index contributed by atoms with van der Waals surface area (Å²) in [7, 11) is -0.449. The fraction of sp³-hybridized carbons (Fsp3) is 0.538. The number of sulfone groups is 1. The molecule has 2 rings (SSSR count). The first-order valence-electron chi connectivity index (χ1n) is 6.08. The lowest BCUT2D eigenvalue weighted by atomic mass is 9.72. The van der Waals surface area contributed by atoms with Crippen molar-refractivity contribution in [2.24, 2.45) is 5.73 Å². The first-order chi connectivity index (χ1) is 8.83. The summed E-state index contributed by atoms with van der Waals surface area (Å²) in [5.74, 6) is 0.659. The molecule has 1 fully saturated rings. The van der Waals surface area contributed by atoms with Crippen molar-refractivity contribution >= 4 is 9.84 Å². The second-order valence-corrected chi connectivity index (χ2v) is 6.94. The topological polar surface area (TPSA) is 78.6 Å². The van der Waals surface area contributed by atoms with Crippen molar-refractivity contribution in [2.75, 3.05) is 20.5 Å². The van der Waals surface area contributed by atoms with E-state index in [9.17, 15) is 8.42 Å². The van der Waals surface area contributed by atoms with Gasteiger partial charge in [-0.1, -0.05) is 6.07 Å². The summed E-state index contributed by atoms with van der Waals surface area (Å²) in [4.78, 5) is 0.124. The predicted octanol–water partition coefficient (Wildman–Crippen LogP) is 1.45. The molecule has 0 heterocycles. The smallest absolute Gasteiger partial charge is 0.179 e. The third-order valence-electron chi connectivity index (χ3n) is 3.67. The molecule has 2 N–H and O–H groups in total. The molecule has 5 nitrogen and oxygen atoms in total. The van der Waals surface area contributed by atoms with Crippen molar-refractivity contribution in [3.63, 3.8) is 0 Å². The van der Waals surface area contributed by atoms with E-state index in [1.165, 1.54) is 14.2 Å². The zero-order valence-electron chi connectivity index (χ0n) is 11.4. The van der Waals surface area contributed by atoms with Gasteiger partial charge in [0.1, 0.15) is 4.90 Å². The number of benzene rings is 1. The van der Waals surface area contributed by atoms with E-state index in [-0.39, 0.29) is 10.6 Å². The number of hydrogen-bond acceptors (Lipinski definition) is 5. The molecule has 0 bridgehead atoms. The summed E-state index contributed by atoms with van der Waals surface area (Å²) >= 11 is 0. The van der Waals surface area contributed by atoms with Crippen molar-refractivity contribution in [2.45, 2.75) is 29.7 Å². The average molecular weight is 285 g/mol. The van der Waals surface area contributed by atoms with E-state index in [0.717, 1.165) is 31.1 Å². The molecule has 0 saturated heterocycles. The van der Waals surface area contributed by atoms with Crippen LogP contribution in [0.5, 0.6) is 11.5 Å². The fourth-order valence-electron chi connectivity index (χ4n) is 2.45. The van der Waals surface area contributed by atoms with E-state index >= 15 is 0 Å². The number of ether oxygens (including phenoxy) is 2. The molecule has 1 aliphatic carbocycles. The highest BCUT2D eigenvalue weighted by Gasteiger charge is 2.38. The maximum atomic E-state index is 11.8. The largest absolute Gasteiger partial charge is 0.492 e. The Morgan fingerprint density at radius 3 is 2.11 bits per heavy atom. The maximum Gasteiger partial charge on any atom is 0.179 e. The van der Waals surface area contributed by atoms with Gasteiger partial charge in [0.15, 0.2) is 21.3 Å². The highest BCUT2D eigenvalue weighted by atomic mass is 32.2. The van der Waals surface area contributed by atoms with E-state index in [4.69, 9.17) is 15.2 Å². The zero-order valence-corrected chi connectivity index (χ0v) is 12.2. The van der Waals surface area contributed by atoms with Crippen LogP contribution in [-0.2, 0) is 15.4 Å². The van der Waals surface area contributed by atoms with Gasteiger partial charge >= 0.3 is 0 Å². The van der Waals surface area contributed by atoms with Crippen molar-refractivity contribution in [1.29, 1.82) is 0 Å². The van der Waals surface area contributed by atoms with Gasteiger partial charge in [-0.25, -0.2) is 8.42 Å². The Kier molecular flexibility index (Phi) is 3.49. The molecule has 0 aromatic heterocycles. The number of rotatable bonds is 4. The van der Waals surface area contributed by atoms with Crippen LogP contribution < -0.4 is 15.2 Å². The normalized spacial score (nSPS) is 17.7. The van der Waals surface area contributed by atoms with Crippen LogP contribution in [-0.4, -0.2) is 28.9 Å². The Morgan fingerprint density at radius 2 is 1.74 bits per heavy atom. The van der Waals surface area contributed by atoms with Crippen LogP contribution in [0.4, 0.5) is 0 Å². The molecular weight excluding hydrogens is 266 g/mol. The molecule has 0 atom stereocenters. The number of hydrogen-bond donors (Lipinski definition) is 1. The molecule has 0 unspecified atom stereocenters. The average Bonchev–Trinajstić information content (AvgIpc) is 2.32. The minimum absolute atomic E-state index is 0.124. The van der Waals surface area contributed by atoms with E-state index < -0.39 is 15.4 Å². The summed E-state index contributed by atoms with van der Waals surface area (Å²) in [6, 6.07) is 3.27. The van der Waals surface area contributed by atoms with E-state index in [1.807, 2.05) is 0 Å². The third-order valence-corrected chi connectivity index (χ3v) is 4.79. The minimum Gasteiger partial charge on any atom is -0.492 e. The Bertz CT molecular complexity index is 591. The predicted molar refractivity (Wildman–Crippen MR) is 72.4 cm³/mol. The van der Waals surface area contributed by atoms with Crippen molar-refractivity contribution in [3.8, 4) is 11.5 Å². The maximum absolute atomic E-state index is 11.8. The Hall–Kier alpha value is -1.27. The fourth-order valence-corrected chi connectivity index (χ4v) is 3.28. The highest BCUT2D eigenvalue weighted by Crippen LogP contribution is 2.47.